The van der Waals surface area contributed by atoms with Crippen LogP contribution in [-0.4, -0.2) is 6.61 Å². The van der Waals surface area contributed by atoms with Gasteiger partial charge in [-0.25, -0.2) is 0 Å². The lowest BCUT2D eigenvalue weighted by Crippen LogP contribution is -2.07. The number of rotatable bonds is 8. The minimum atomic E-state index is 0.427. The third-order valence-electron chi connectivity index (χ3n) is 3.44. The largest absolute Gasteiger partial charge is 0.493 e. The molecule has 1 aromatic rings. The monoisotopic (exact) mass is 390 g/mol. The Bertz CT molecular complexity index is 379. The van der Waals surface area contributed by atoms with E-state index in [1.165, 1.54) is 31.2 Å². The topological polar surface area (TPSA) is 9.23 Å². The predicted molar refractivity (Wildman–Crippen MR) is 90.3 cm³/mol. The summed E-state index contributed by atoms with van der Waals surface area (Å²) in [5.74, 6) is 1.62. The molecule has 0 aliphatic heterocycles. The van der Waals surface area contributed by atoms with E-state index < -0.39 is 0 Å². The standard InChI is InChI=1S/C16H24Br2O/c1-4-7-8-12(5-2)16(18)13-9-10-15(19-6-3)14(17)11-13/h9-12,16H,4-8H2,1-3H3. The van der Waals surface area contributed by atoms with Gasteiger partial charge in [0.05, 0.1) is 11.1 Å². The Kier molecular flexibility index (Phi) is 8.08. The molecular formula is C16H24Br2O. The van der Waals surface area contributed by atoms with Crippen molar-refractivity contribution in [1.29, 1.82) is 0 Å². The maximum atomic E-state index is 5.56. The first kappa shape index (κ1) is 17.0. The third kappa shape index (κ3) is 5.11. The molecule has 2 atom stereocenters. The predicted octanol–water partition coefficient (Wildman–Crippen LogP) is 6.50. The lowest BCUT2D eigenvalue weighted by molar-refractivity contribution is 0.338. The molecule has 0 aliphatic rings. The van der Waals surface area contributed by atoms with Gasteiger partial charge >= 0.3 is 0 Å². The molecule has 0 aliphatic carbocycles. The fourth-order valence-corrected chi connectivity index (χ4v) is 3.69. The van der Waals surface area contributed by atoms with Gasteiger partial charge in [0.2, 0.25) is 0 Å². The van der Waals surface area contributed by atoms with Crippen LogP contribution in [0, 0.1) is 5.92 Å². The Balaban J connectivity index is 2.80. The van der Waals surface area contributed by atoms with Gasteiger partial charge in [0.1, 0.15) is 5.75 Å². The van der Waals surface area contributed by atoms with E-state index in [4.69, 9.17) is 4.74 Å². The second-order valence-electron chi connectivity index (χ2n) is 4.84. The lowest BCUT2D eigenvalue weighted by Gasteiger charge is -2.22. The molecule has 0 fully saturated rings. The second kappa shape index (κ2) is 9.02. The number of alkyl halides is 1. The summed E-state index contributed by atoms with van der Waals surface area (Å²) in [6.07, 6.45) is 5.07. The second-order valence-corrected chi connectivity index (χ2v) is 6.68. The zero-order valence-electron chi connectivity index (χ0n) is 12.1. The molecule has 0 N–H and O–H groups in total. The number of ether oxygens (including phenoxy) is 1. The van der Waals surface area contributed by atoms with Crippen LogP contribution in [0.3, 0.4) is 0 Å². The molecule has 1 rings (SSSR count). The van der Waals surface area contributed by atoms with Gasteiger partial charge < -0.3 is 4.74 Å². The summed E-state index contributed by atoms with van der Waals surface area (Å²) in [6, 6.07) is 6.41. The normalized spacial score (nSPS) is 14.2. The number of hydrogen-bond donors (Lipinski definition) is 0. The summed E-state index contributed by atoms with van der Waals surface area (Å²) < 4.78 is 6.60. The summed E-state index contributed by atoms with van der Waals surface area (Å²) in [5.41, 5.74) is 1.33. The van der Waals surface area contributed by atoms with Crippen molar-refractivity contribution in [2.75, 3.05) is 6.61 Å². The highest BCUT2D eigenvalue weighted by Gasteiger charge is 2.19. The Hall–Kier alpha value is -0.0200. The van der Waals surface area contributed by atoms with Crippen molar-refractivity contribution < 1.29 is 4.74 Å². The maximum absolute atomic E-state index is 5.56. The summed E-state index contributed by atoms with van der Waals surface area (Å²) in [6.45, 7) is 7.23. The summed E-state index contributed by atoms with van der Waals surface area (Å²) >= 11 is 7.47. The van der Waals surface area contributed by atoms with Gasteiger partial charge in [0, 0.05) is 4.83 Å². The van der Waals surface area contributed by atoms with E-state index in [-0.39, 0.29) is 0 Å². The molecule has 19 heavy (non-hydrogen) atoms. The molecule has 0 spiro atoms. The van der Waals surface area contributed by atoms with Gasteiger partial charge in [-0.3, -0.25) is 0 Å². The zero-order chi connectivity index (χ0) is 14.3. The van der Waals surface area contributed by atoms with Crippen molar-refractivity contribution in [2.45, 2.75) is 51.3 Å². The average molecular weight is 392 g/mol. The molecule has 0 heterocycles. The van der Waals surface area contributed by atoms with Gasteiger partial charge in [0.15, 0.2) is 0 Å². The number of hydrogen-bond acceptors (Lipinski definition) is 1. The molecule has 1 nitrogen and oxygen atoms in total. The molecule has 0 aromatic heterocycles. The molecule has 0 amide bonds. The van der Waals surface area contributed by atoms with Crippen molar-refractivity contribution in [1.82, 2.24) is 0 Å². The van der Waals surface area contributed by atoms with Gasteiger partial charge in [-0.05, 0) is 52.9 Å². The van der Waals surface area contributed by atoms with Crippen molar-refractivity contribution in [3.05, 3.63) is 28.2 Å². The molecule has 0 saturated heterocycles. The highest BCUT2D eigenvalue weighted by molar-refractivity contribution is 9.10. The Morgan fingerprint density at radius 3 is 2.47 bits per heavy atom. The molecule has 0 radical (unpaired) electrons. The number of unbranched alkanes of at least 4 members (excludes halogenated alkanes) is 1. The Morgan fingerprint density at radius 2 is 1.95 bits per heavy atom. The van der Waals surface area contributed by atoms with Crippen LogP contribution >= 0.6 is 31.9 Å². The summed E-state index contributed by atoms with van der Waals surface area (Å²) in [5, 5.41) is 0. The van der Waals surface area contributed by atoms with Crippen LogP contribution in [0.5, 0.6) is 5.75 Å². The first-order valence-corrected chi connectivity index (χ1v) is 8.91. The molecular weight excluding hydrogens is 368 g/mol. The molecule has 1 aromatic carbocycles. The Morgan fingerprint density at radius 1 is 1.21 bits per heavy atom. The third-order valence-corrected chi connectivity index (χ3v) is 5.34. The molecule has 0 saturated carbocycles. The van der Waals surface area contributed by atoms with Gasteiger partial charge in [-0.2, -0.15) is 0 Å². The van der Waals surface area contributed by atoms with Gasteiger partial charge in [-0.15, -0.1) is 0 Å². The SMILES string of the molecule is CCCCC(CC)C(Br)c1ccc(OCC)c(Br)c1. The molecule has 108 valence electrons. The highest BCUT2D eigenvalue weighted by atomic mass is 79.9. The van der Waals surface area contributed by atoms with Crippen LogP contribution in [0.15, 0.2) is 22.7 Å². The minimum Gasteiger partial charge on any atom is -0.493 e. The van der Waals surface area contributed by atoms with Crippen LogP contribution < -0.4 is 4.74 Å². The fraction of sp³-hybridized carbons (Fsp3) is 0.625. The highest BCUT2D eigenvalue weighted by Crippen LogP contribution is 2.39. The Labute approximate surface area is 134 Å². The van der Waals surface area contributed by atoms with E-state index >= 15 is 0 Å². The fourth-order valence-electron chi connectivity index (χ4n) is 2.26. The van der Waals surface area contributed by atoms with Crippen LogP contribution in [0.1, 0.15) is 56.8 Å². The van der Waals surface area contributed by atoms with E-state index in [0.29, 0.717) is 17.4 Å². The summed E-state index contributed by atoms with van der Waals surface area (Å²) in [4.78, 5) is 0.427. The van der Waals surface area contributed by atoms with E-state index in [9.17, 15) is 0 Å². The van der Waals surface area contributed by atoms with E-state index in [1.54, 1.807) is 0 Å². The van der Waals surface area contributed by atoms with Crippen molar-refractivity contribution in [2.24, 2.45) is 5.92 Å². The average Bonchev–Trinajstić information content (AvgIpc) is 2.42. The first-order chi connectivity index (χ1) is 9.13. The smallest absolute Gasteiger partial charge is 0.133 e. The van der Waals surface area contributed by atoms with Crippen LogP contribution in [-0.2, 0) is 0 Å². The van der Waals surface area contributed by atoms with E-state index in [1.807, 2.05) is 6.92 Å². The lowest BCUT2D eigenvalue weighted by atomic mass is 9.92. The van der Waals surface area contributed by atoms with Gasteiger partial charge in [0.25, 0.3) is 0 Å². The first-order valence-electron chi connectivity index (χ1n) is 7.20. The van der Waals surface area contributed by atoms with Crippen molar-refractivity contribution in [3.8, 4) is 5.75 Å². The van der Waals surface area contributed by atoms with Crippen LogP contribution in [0.2, 0.25) is 0 Å². The minimum absolute atomic E-state index is 0.427. The molecule has 2 unspecified atom stereocenters. The quantitative estimate of drug-likeness (QED) is 0.459. The molecule has 0 bridgehead atoms. The van der Waals surface area contributed by atoms with Crippen molar-refractivity contribution in [3.63, 3.8) is 0 Å². The van der Waals surface area contributed by atoms with Crippen molar-refractivity contribution >= 4 is 31.9 Å². The number of halogens is 2. The number of benzene rings is 1. The molecule has 3 heteroatoms. The zero-order valence-corrected chi connectivity index (χ0v) is 15.3. The van der Waals surface area contributed by atoms with Crippen LogP contribution in [0.25, 0.3) is 0 Å². The maximum Gasteiger partial charge on any atom is 0.133 e. The summed E-state index contributed by atoms with van der Waals surface area (Å²) in [7, 11) is 0. The van der Waals surface area contributed by atoms with E-state index in [0.717, 1.165) is 10.2 Å². The van der Waals surface area contributed by atoms with Gasteiger partial charge in [-0.1, -0.05) is 55.1 Å². The van der Waals surface area contributed by atoms with Crippen LogP contribution in [0.4, 0.5) is 0 Å². The van der Waals surface area contributed by atoms with E-state index in [2.05, 4.69) is 63.9 Å².